The number of rotatable bonds is 6. The Hall–Kier alpha value is -3.65. The van der Waals surface area contributed by atoms with Gasteiger partial charge < -0.3 is 13.7 Å². The van der Waals surface area contributed by atoms with Crippen molar-refractivity contribution in [3.63, 3.8) is 0 Å². The predicted octanol–water partition coefficient (Wildman–Crippen LogP) is 5.72. The summed E-state index contributed by atoms with van der Waals surface area (Å²) in [5, 5.41) is 5.92. The van der Waals surface area contributed by atoms with Crippen LogP contribution in [0, 0.1) is 13.8 Å². The van der Waals surface area contributed by atoms with Gasteiger partial charge in [0.1, 0.15) is 10.6 Å². The molecule has 5 rings (SSSR count). The zero-order valence-electron chi connectivity index (χ0n) is 20.0. The number of furan rings is 1. The summed E-state index contributed by atoms with van der Waals surface area (Å²) in [5.74, 6) is -0.471. The zero-order chi connectivity index (χ0) is 24.5. The largest absolute Gasteiger partial charge is 0.462 e. The Morgan fingerprint density at radius 3 is 2.80 bits per heavy atom. The Bertz CT molecular complexity index is 1420. The molecule has 35 heavy (non-hydrogen) atoms. The molecule has 0 saturated heterocycles. The summed E-state index contributed by atoms with van der Waals surface area (Å²) in [6.07, 6.45) is 5.75. The molecule has 4 aromatic rings. The van der Waals surface area contributed by atoms with Crippen LogP contribution in [-0.4, -0.2) is 29.3 Å². The number of hydrogen-bond acceptors (Lipinski definition) is 6. The molecule has 7 nitrogen and oxygen atoms in total. The molecule has 0 spiro atoms. The second-order valence-corrected chi connectivity index (χ2v) is 9.70. The number of nitrogens with zero attached hydrogens (tertiary/aromatic N) is 2. The van der Waals surface area contributed by atoms with Gasteiger partial charge in [0.15, 0.2) is 5.76 Å². The highest BCUT2D eigenvalue weighted by Crippen LogP contribution is 2.39. The Balaban J connectivity index is 1.42. The average molecular weight is 490 g/mol. The molecular formula is C27H27N3O4S. The van der Waals surface area contributed by atoms with Crippen LogP contribution in [0.2, 0.25) is 0 Å². The average Bonchev–Trinajstić information content (AvgIpc) is 3.52. The van der Waals surface area contributed by atoms with E-state index < -0.39 is 5.91 Å². The van der Waals surface area contributed by atoms with Gasteiger partial charge in [0.25, 0.3) is 0 Å². The molecule has 180 valence electrons. The van der Waals surface area contributed by atoms with Crippen molar-refractivity contribution in [1.29, 1.82) is 0 Å². The number of aromatic nitrogens is 1. The maximum Gasteiger partial charge on any atom is 0.341 e. The molecule has 0 fully saturated rings. The van der Waals surface area contributed by atoms with E-state index in [1.165, 1.54) is 4.88 Å². The van der Waals surface area contributed by atoms with Crippen LogP contribution in [0.1, 0.15) is 68.1 Å². The fourth-order valence-corrected chi connectivity index (χ4v) is 6.15. The molecular weight excluding hydrogens is 462 g/mol. The number of ether oxygens (including phenoxy) is 1. The Morgan fingerprint density at radius 2 is 2.00 bits per heavy atom. The smallest absolute Gasteiger partial charge is 0.341 e. The first-order chi connectivity index (χ1) is 17.0. The minimum Gasteiger partial charge on any atom is -0.462 e. The third kappa shape index (κ3) is 4.30. The number of carbonyl (C=O) groups is 2. The Morgan fingerprint density at radius 1 is 1.20 bits per heavy atom. The second-order valence-electron chi connectivity index (χ2n) is 8.62. The number of thiophene rings is 1. The number of nitrogens with one attached hydrogen (secondary N) is 1. The highest BCUT2D eigenvalue weighted by atomic mass is 32.1. The van der Waals surface area contributed by atoms with E-state index in [2.05, 4.69) is 15.1 Å². The van der Waals surface area contributed by atoms with Crippen molar-refractivity contribution < 1.29 is 18.7 Å². The van der Waals surface area contributed by atoms with E-state index in [0.717, 1.165) is 58.6 Å². The fourth-order valence-electron chi connectivity index (χ4n) is 4.66. The van der Waals surface area contributed by atoms with Crippen LogP contribution in [-0.2, 0) is 17.6 Å². The predicted molar refractivity (Wildman–Crippen MR) is 137 cm³/mol. The van der Waals surface area contributed by atoms with Crippen molar-refractivity contribution in [2.24, 2.45) is 5.10 Å². The minimum atomic E-state index is -0.415. The molecule has 1 N–H and O–H groups in total. The number of para-hydroxylation sites is 1. The highest BCUT2D eigenvalue weighted by molar-refractivity contribution is 7.15. The molecule has 0 saturated carbocycles. The van der Waals surface area contributed by atoms with Gasteiger partial charge in [-0.1, -0.05) is 18.2 Å². The number of carbonyl (C=O) groups excluding carboxylic acids is 2. The van der Waals surface area contributed by atoms with Gasteiger partial charge >= 0.3 is 11.9 Å². The summed E-state index contributed by atoms with van der Waals surface area (Å²) in [7, 11) is 0. The molecule has 3 heterocycles. The Kier molecular flexibility index (Phi) is 6.30. The summed E-state index contributed by atoms with van der Waals surface area (Å²) in [5.41, 5.74) is 7.80. The van der Waals surface area contributed by atoms with E-state index in [9.17, 15) is 9.59 Å². The van der Waals surface area contributed by atoms with E-state index in [-0.39, 0.29) is 11.7 Å². The van der Waals surface area contributed by atoms with E-state index in [1.54, 1.807) is 23.6 Å². The van der Waals surface area contributed by atoms with Gasteiger partial charge in [-0.3, -0.25) is 4.79 Å². The molecule has 1 aliphatic rings. The normalized spacial score (nSPS) is 13.3. The lowest BCUT2D eigenvalue weighted by molar-refractivity contribution is 0.0525. The van der Waals surface area contributed by atoms with Gasteiger partial charge in [-0.05, 0) is 70.2 Å². The maximum absolute atomic E-state index is 12.9. The third-order valence-corrected chi connectivity index (χ3v) is 7.60. The summed E-state index contributed by atoms with van der Waals surface area (Å²) >= 11 is 1.67. The lowest BCUT2D eigenvalue weighted by Crippen LogP contribution is -2.16. The van der Waals surface area contributed by atoms with Gasteiger partial charge in [-0.15, -0.1) is 11.3 Å². The molecule has 1 aliphatic carbocycles. The zero-order valence-corrected chi connectivity index (χ0v) is 20.8. The van der Waals surface area contributed by atoms with Crippen molar-refractivity contribution in [2.45, 2.75) is 46.5 Å². The summed E-state index contributed by atoms with van der Waals surface area (Å²) < 4.78 is 13.1. The van der Waals surface area contributed by atoms with Crippen molar-refractivity contribution in [3.8, 4) is 5.00 Å². The quantitative estimate of drug-likeness (QED) is 0.213. The molecule has 1 amide bonds. The van der Waals surface area contributed by atoms with Crippen molar-refractivity contribution in [3.05, 3.63) is 75.1 Å². The fraction of sp³-hybridized carbons (Fsp3) is 0.296. The van der Waals surface area contributed by atoms with Crippen LogP contribution in [0.15, 0.2) is 45.9 Å². The third-order valence-electron chi connectivity index (χ3n) is 6.32. The van der Waals surface area contributed by atoms with Crippen molar-refractivity contribution in [2.75, 3.05) is 6.61 Å². The number of benzene rings is 1. The SMILES string of the molecule is CCOC(=O)c1c(-n2c(C)cc(/C=N\NC(=O)c3cc4ccccc4o3)c2C)sc2c1CCCC2. The van der Waals surface area contributed by atoms with Crippen LogP contribution in [0.25, 0.3) is 16.0 Å². The van der Waals surface area contributed by atoms with Gasteiger partial charge in [0.2, 0.25) is 0 Å². The molecule has 0 radical (unpaired) electrons. The molecule has 0 atom stereocenters. The number of amides is 1. The summed E-state index contributed by atoms with van der Waals surface area (Å²) in [6, 6.07) is 11.2. The van der Waals surface area contributed by atoms with Crippen LogP contribution < -0.4 is 5.43 Å². The minimum absolute atomic E-state index is 0.206. The first-order valence-corrected chi connectivity index (χ1v) is 12.6. The molecule has 1 aromatic carbocycles. The lowest BCUT2D eigenvalue weighted by Gasteiger charge is -2.13. The van der Waals surface area contributed by atoms with Crippen molar-refractivity contribution in [1.82, 2.24) is 9.99 Å². The number of hydrogen-bond donors (Lipinski definition) is 1. The molecule has 8 heteroatoms. The number of fused-ring (bicyclic) bond motifs is 2. The summed E-state index contributed by atoms with van der Waals surface area (Å²) in [4.78, 5) is 26.7. The van der Waals surface area contributed by atoms with Crippen LogP contribution in [0.3, 0.4) is 0 Å². The topological polar surface area (TPSA) is 85.8 Å². The van der Waals surface area contributed by atoms with E-state index in [0.29, 0.717) is 17.8 Å². The maximum atomic E-state index is 12.9. The van der Waals surface area contributed by atoms with Gasteiger partial charge in [0.05, 0.1) is 18.4 Å². The number of aryl methyl sites for hydroxylation is 2. The van der Waals surface area contributed by atoms with Crippen LogP contribution >= 0.6 is 11.3 Å². The van der Waals surface area contributed by atoms with Gasteiger partial charge in [-0.25, -0.2) is 10.2 Å². The van der Waals surface area contributed by atoms with E-state index in [1.807, 2.05) is 51.1 Å². The molecule has 0 unspecified atom stereocenters. The molecule has 0 aliphatic heterocycles. The van der Waals surface area contributed by atoms with Crippen LogP contribution in [0.5, 0.6) is 0 Å². The molecule has 3 aromatic heterocycles. The molecule has 0 bridgehead atoms. The van der Waals surface area contributed by atoms with Crippen LogP contribution in [0.4, 0.5) is 0 Å². The monoisotopic (exact) mass is 489 g/mol. The second kappa shape index (κ2) is 9.54. The lowest BCUT2D eigenvalue weighted by atomic mass is 9.95. The summed E-state index contributed by atoms with van der Waals surface area (Å²) in [6.45, 7) is 6.17. The van der Waals surface area contributed by atoms with E-state index in [4.69, 9.17) is 9.15 Å². The van der Waals surface area contributed by atoms with Crippen molar-refractivity contribution >= 4 is 40.4 Å². The Labute approximate surface area is 207 Å². The number of esters is 1. The van der Waals surface area contributed by atoms with Gasteiger partial charge in [-0.2, -0.15) is 5.10 Å². The first-order valence-electron chi connectivity index (χ1n) is 11.8. The highest BCUT2D eigenvalue weighted by Gasteiger charge is 2.28. The first kappa shape index (κ1) is 23.1. The van der Waals surface area contributed by atoms with Gasteiger partial charge in [0, 0.05) is 27.2 Å². The standard InChI is InChI=1S/C27H27N3O4S/c1-4-33-27(32)24-20-10-6-8-12-23(20)35-26(24)30-16(2)13-19(17(30)3)15-28-29-25(31)22-14-18-9-5-7-11-21(18)34-22/h5,7,9,11,13-15H,4,6,8,10,12H2,1-3H3,(H,29,31)/b28-15-. The number of hydrazone groups is 1. The van der Waals surface area contributed by atoms with E-state index >= 15 is 0 Å².